The molecule has 0 heterocycles. The first kappa shape index (κ1) is 22.3. The highest BCUT2D eigenvalue weighted by Gasteiger charge is 2.15. The highest BCUT2D eigenvalue weighted by atomic mass is 16.5. The second kappa shape index (κ2) is 10.1. The average molecular weight is 417 g/mol. The second-order valence-corrected chi connectivity index (χ2v) is 8.47. The summed E-state index contributed by atoms with van der Waals surface area (Å²) in [7, 11) is 0. The quantitative estimate of drug-likeness (QED) is 0.270. The first-order chi connectivity index (χ1) is 14.8. The molecule has 0 fully saturated rings. The summed E-state index contributed by atoms with van der Waals surface area (Å²) in [6, 6.07) is 23.9. The molecule has 3 aromatic rings. The van der Waals surface area contributed by atoms with Crippen LogP contribution >= 0.6 is 0 Å². The van der Waals surface area contributed by atoms with Gasteiger partial charge in [-0.2, -0.15) is 0 Å². The van der Waals surface area contributed by atoms with E-state index >= 15 is 0 Å². The molecular weight excluding hydrogens is 388 g/mol. The van der Waals surface area contributed by atoms with Gasteiger partial charge in [-0.05, 0) is 65.8 Å². The summed E-state index contributed by atoms with van der Waals surface area (Å²) in [5.74, 6) is -0.439. The number of carbonyl (C=O) groups excluding carboxylic acids is 2. The molecule has 0 spiro atoms. The van der Waals surface area contributed by atoms with Gasteiger partial charge in [0.1, 0.15) is 5.75 Å². The van der Waals surface area contributed by atoms with E-state index in [1.165, 1.54) is 5.56 Å². The molecule has 160 valence electrons. The molecule has 0 unspecified atom stereocenters. The molecular formula is C27H28O4. The van der Waals surface area contributed by atoms with E-state index in [-0.39, 0.29) is 11.4 Å². The zero-order valence-electron chi connectivity index (χ0n) is 18.3. The van der Waals surface area contributed by atoms with E-state index < -0.39 is 5.97 Å². The van der Waals surface area contributed by atoms with Gasteiger partial charge in [0.05, 0.1) is 17.7 Å². The SMILES string of the molecule is CC(C)(C)c1ccc(C(=O)Oc2ccc(C(=O)OCCCc3ccccc3)cc2)cc1. The van der Waals surface area contributed by atoms with Crippen molar-refractivity contribution in [2.24, 2.45) is 0 Å². The van der Waals surface area contributed by atoms with Crippen LogP contribution in [0.3, 0.4) is 0 Å². The van der Waals surface area contributed by atoms with E-state index in [9.17, 15) is 9.59 Å². The topological polar surface area (TPSA) is 52.6 Å². The molecule has 4 heteroatoms. The third-order valence-corrected chi connectivity index (χ3v) is 4.97. The summed E-state index contributed by atoms with van der Waals surface area (Å²) in [6.07, 6.45) is 1.62. The van der Waals surface area contributed by atoms with E-state index in [1.54, 1.807) is 36.4 Å². The van der Waals surface area contributed by atoms with Crippen LogP contribution in [0.25, 0.3) is 0 Å². The van der Waals surface area contributed by atoms with Crippen LogP contribution in [-0.2, 0) is 16.6 Å². The van der Waals surface area contributed by atoms with Crippen LogP contribution in [0.5, 0.6) is 5.75 Å². The zero-order chi connectivity index (χ0) is 22.3. The third-order valence-electron chi connectivity index (χ3n) is 4.97. The molecule has 0 aromatic heterocycles. The highest BCUT2D eigenvalue weighted by molar-refractivity contribution is 5.92. The van der Waals surface area contributed by atoms with Crippen molar-refractivity contribution in [1.29, 1.82) is 0 Å². The molecule has 0 atom stereocenters. The van der Waals surface area contributed by atoms with Crippen molar-refractivity contribution in [3.05, 3.63) is 101 Å². The van der Waals surface area contributed by atoms with Gasteiger partial charge in [-0.1, -0.05) is 63.2 Å². The van der Waals surface area contributed by atoms with Crippen molar-refractivity contribution in [3.63, 3.8) is 0 Å². The van der Waals surface area contributed by atoms with Crippen LogP contribution in [0.2, 0.25) is 0 Å². The minimum atomic E-state index is -0.434. The minimum absolute atomic E-state index is 0.0222. The van der Waals surface area contributed by atoms with Crippen LogP contribution in [0.4, 0.5) is 0 Å². The van der Waals surface area contributed by atoms with Gasteiger partial charge in [-0.25, -0.2) is 9.59 Å². The molecule has 0 radical (unpaired) electrons. The number of rotatable bonds is 7. The van der Waals surface area contributed by atoms with Crippen molar-refractivity contribution in [2.45, 2.75) is 39.0 Å². The molecule has 4 nitrogen and oxygen atoms in total. The van der Waals surface area contributed by atoms with Crippen LogP contribution in [0.1, 0.15) is 59.0 Å². The molecule has 0 aliphatic carbocycles. The number of hydrogen-bond acceptors (Lipinski definition) is 4. The first-order valence-electron chi connectivity index (χ1n) is 10.5. The summed E-state index contributed by atoms with van der Waals surface area (Å²) < 4.78 is 10.7. The van der Waals surface area contributed by atoms with Crippen molar-refractivity contribution in [2.75, 3.05) is 6.61 Å². The number of ether oxygens (including phenoxy) is 2. The molecule has 0 bridgehead atoms. The lowest BCUT2D eigenvalue weighted by Crippen LogP contribution is -2.13. The molecule has 31 heavy (non-hydrogen) atoms. The van der Waals surface area contributed by atoms with Gasteiger partial charge in [-0.3, -0.25) is 0 Å². The largest absolute Gasteiger partial charge is 0.462 e. The molecule has 0 aliphatic heterocycles. The predicted molar refractivity (Wildman–Crippen MR) is 122 cm³/mol. The van der Waals surface area contributed by atoms with Gasteiger partial charge >= 0.3 is 11.9 Å². The highest BCUT2D eigenvalue weighted by Crippen LogP contribution is 2.23. The standard InChI is InChI=1S/C27H28O4/c1-27(2,3)23-15-11-22(12-16-23)26(29)31-24-17-13-21(14-18-24)25(28)30-19-7-10-20-8-5-4-6-9-20/h4-6,8-9,11-18H,7,10,19H2,1-3H3. The van der Waals surface area contributed by atoms with E-state index in [4.69, 9.17) is 9.47 Å². The Hall–Kier alpha value is -3.40. The van der Waals surface area contributed by atoms with Gasteiger partial charge in [0.15, 0.2) is 0 Å². The van der Waals surface area contributed by atoms with Crippen LogP contribution in [-0.4, -0.2) is 18.5 Å². The van der Waals surface area contributed by atoms with Gasteiger partial charge in [0.2, 0.25) is 0 Å². The fraction of sp³-hybridized carbons (Fsp3) is 0.259. The number of hydrogen-bond donors (Lipinski definition) is 0. The average Bonchev–Trinajstić information content (AvgIpc) is 2.77. The Morgan fingerprint density at radius 2 is 1.32 bits per heavy atom. The van der Waals surface area contributed by atoms with Crippen molar-refractivity contribution < 1.29 is 19.1 Å². The number of aryl methyl sites for hydroxylation is 1. The Morgan fingerprint density at radius 3 is 1.94 bits per heavy atom. The molecule has 0 saturated carbocycles. The summed E-state index contributed by atoms with van der Waals surface area (Å²) in [4.78, 5) is 24.6. The summed E-state index contributed by atoms with van der Waals surface area (Å²) in [5.41, 5.74) is 3.30. The minimum Gasteiger partial charge on any atom is -0.462 e. The number of carbonyl (C=O) groups is 2. The van der Waals surface area contributed by atoms with Gasteiger partial charge < -0.3 is 9.47 Å². The fourth-order valence-electron chi connectivity index (χ4n) is 3.10. The van der Waals surface area contributed by atoms with Gasteiger partial charge in [0.25, 0.3) is 0 Å². The Balaban J connectivity index is 1.49. The summed E-state index contributed by atoms with van der Waals surface area (Å²) >= 11 is 0. The summed E-state index contributed by atoms with van der Waals surface area (Å²) in [5, 5.41) is 0. The molecule has 0 saturated heterocycles. The fourth-order valence-corrected chi connectivity index (χ4v) is 3.10. The van der Waals surface area contributed by atoms with Crippen molar-refractivity contribution >= 4 is 11.9 Å². The lowest BCUT2D eigenvalue weighted by Gasteiger charge is -2.18. The predicted octanol–water partition coefficient (Wildman–Crippen LogP) is 5.99. The van der Waals surface area contributed by atoms with E-state index in [0.717, 1.165) is 18.4 Å². The molecule has 0 amide bonds. The number of esters is 2. The van der Waals surface area contributed by atoms with Crippen molar-refractivity contribution in [3.8, 4) is 5.75 Å². The smallest absolute Gasteiger partial charge is 0.343 e. The van der Waals surface area contributed by atoms with E-state index in [2.05, 4.69) is 32.9 Å². The van der Waals surface area contributed by atoms with Gasteiger partial charge in [-0.15, -0.1) is 0 Å². The molecule has 3 rings (SSSR count). The maximum absolute atomic E-state index is 12.4. The Kier molecular flexibility index (Phi) is 7.24. The van der Waals surface area contributed by atoms with E-state index in [0.29, 0.717) is 23.5 Å². The van der Waals surface area contributed by atoms with Crippen LogP contribution < -0.4 is 4.74 Å². The maximum Gasteiger partial charge on any atom is 0.343 e. The molecule has 0 aliphatic rings. The third kappa shape index (κ3) is 6.54. The molecule has 0 N–H and O–H groups in total. The second-order valence-electron chi connectivity index (χ2n) is 8.47. The van der Waals surface area contributed by atoms with Crippen molar-refractivity contribution in [1.82, 2.24) is 0 Å². The first-order valence-corrected chi connectivity index (χ1v) is 10.5. The Morgan fingerprint density at radius 1 is 0.742 bits per heavy atom. The number of benzene rings is 3. The summed E-state index contributed by atoms with van der Waals surface area (Å²) in [6.45, 7) is 6.72. The van der Waals surface area contributed by atoms with E-state index in [1.807, 2.05) is 30.3 Å². The maximum atomic E-state index is 12.4. The lowest BCUT2D eigenvalue weighted by atomic mass is 9.87. The van der Waals surface area contributed by atoms with Crippen LogP contribution in [0, 0.1) is 0 Å². The normalized spacial score (nSPS) is 11.1. The monoisotopic (exact) mass is 416 g/mol. The van der Waals surface area contributed by atoms with Gasteiger partial charge in [0, 0.05) is 0 Å². The van der Waals surface area contributed by atoms with Crippen LogP contribution in [0.15, 0.2) is 78.9 Å². The lowest BCUT2D eigenvalue weighted by molar-refractivity contribution is 0.0500. The zero-order valence-corrected chi connectivity index (χ0v) is 18.3. The Bertz CT molecular complexity index is 998. The Labute approximate surface area is 183 Å². The molecule has 3 aromatic carbocycles.